The van der Waals surface area contributed by atoms with Crippen LogP contribution < -0.4 is 15.4 Å². The van der Waals surface area contributed by atoms with E-state index in [1.54, 1.807) is 12.1 Å². The largest absolute Gasteiger partial charge is 0.493 e. The molecular weight excluding hydrogens is 368 g/mol. The molecule has 1 amide bonds. The normalized spacial score (nSPS) is 10.8. The quantitative estimate of drug-likeness (QED) is 0.545. The molecule has 0 aromatic heterocycles. The summed E-state index contributed by atoms with van der Waals surface area (Å²) in [6, 6.07) is 14.7. The van der Waals surface area contributed by atoms with E-state index in [9.17, 15) is 4.79 Å². The number of halogens is 1. The van der Waals surface area contributed by atoms with Gasteiger partial charge in [0, 0.05) is 16.8 Å². The van der Waals surface area contributed by atoms with Gasteiger partial charge < -0.3 is 10.1 Å². The minimum Gasteiger partial charge on any atom is -0.493 e. The highest BCUT2D eigenvalue weighted by Crippen LogP contribution is 2.17. The van der Waals surface area contributed by atoms with E-state index in [2.05, 4.69) is 24.5 Å². The number of nitrogens with one attached hydrogen (secondary N) is 2. The molecule has 2 aromatic rings. The second-order valence-electron chi connectivity index (χ2n) is 6.03. The van der Waals surface area contributed by atoms with Crippen molar-refractivity contribution in [1.29, 1.82) is 0 Å². The molecule has 0 unspecified atom stereocenters. The molecule has 0 fully saturated rings. The zero-order chi connectivity index (χ0) is 18.9. The van der Waals surface area contributed by atoms with E-state index < -0.39 is 0 Å². The Labute approximate surface area is 164 Å². The van der Waals surface area contributed by atoms with Crippen LogP contribution in [0, 0.1) is 5.92 Å². The number of carbonyl (C=O) groups is 1. The maximum atomic E-state index is 11.9. The van der Waals surface area contributed by atoms with Crippen LogP contribution in [0.5, 0.6) is 5.75 Å². The van der Waals surface area contributed by atoms with Crippen LogP contribution in [0.15, 0.2) is 54.6 Å². The minimum atomic E-state index is -0.334. The van der Waals surface area contributed by atoms with Gasteiger partial charge in [-0.3, -0.25) is 10.1 Å². The highest BCUT2D eigenvalue weighted by molar-refractivity contribution is 7.80. The summed E-state index contributed by atoms with van der Waals surface area (Å²) in [5, 5.41) is 6.35. The van der Waals surface area contributed by atoms with Gasteiger partial charge in [-0.15, -0.1) is 0 Å². The second-order valence-corrected chi connectivity index (χ2v) is 6.84. The summed E-state index contributed by atoms with van der Waals surface area (Å²) in [6.45, 7) is 4.85. The van der Waals surface area contributed by atoms with Gasteiger partial charge in [-0.05, 0) is 60.1 Å². The van der Waals surface area contributed by atoms with E-state index >= 15 is 0 Å². The predicted octanol–water partition coefficient (Wildman–Crippen LogP) is 4.90. The fraction of sp³-hybridized carbons (Fsp3) is 0.200. The Morgan fingerprint density at radius 3 is 2.54 bits per heavy atom. The molecule has 0 spiro atoms. The van der Waals surface area contributed by atoms with E-state index in [-0.39, 0.29) is 11.0 Å². The van der Waals surface area contributed by atoms with Crippen molar-refractivity contribution in [3.63, 3.8) is 0 Å². The van der Waals surface area contributed by atoms with Crippen LogP contribution in [-0.2, 0) is 4.79 Å². The summed E-state index contributed by atoms with van der Waals surface area (Å²) in [5.41, 5.74) is 1.53. The lowest BCUT2D eigenvalue weighted by atomic mass is 10.2. The maximum absolute atomic E-state index is 11.9. The summed E-state index contributed by atoms with van der Waals surface area (Å²) in [5.74, 6) is 0.926. The number of carbonyl (C=O) groups excluding carboxylic acids is 1. The van der Waals surface area contributed by atoms with Crippen LogP contribution >= 0.6 is 23.8 Å². The molecule has 0 aliphatic carbocycles. The van der Waals surface area contributed by atoms with Crippen molar-refractivity contribution in [2.45, 2.75) is 13.8 Å². The number of anilines is 1. The van der Waals surface area contributed by atoms with Gasteiger partial charge in [-0.25, -0.2) is 0 Å². The third-order valence-corrected chi connectivity index (χ3v) is 3.80. The van der Waals surface area contributed by atoms with Gasteiger partial charge in [0.2, 0.25) is 5.91 Å². The Balaban J connectivity index is 1.84. The van der Waals surface area contributed by atoms with E-state index in [0.717, 1.165) is 17.0 Å². The Morgan fingerprint density at radius 2 is 1.88 bits per heavy atom. The second kappa shape index (κ2) is 9.94. The molecule has 0 aliphatic rings. The van der Waals surface area contributed by atoms with Gasteiger partial charge in [0.05, 0.1) is 6.61 Å². The van der Waals surface area contributed by atoms with Crippen molar-refractivity contribution in [1.82, 2.24) is 5.32 Å². The van der Waals surface area contributed by atoms with Crippen molar-refractivity contribution in [3.8, 4) is 5.75 Å². The zero-order valence-electron chi connectivity index (χ0n) is 14.7. The molecule has 0 saturated carbocycles. The fourth-order valence-corrected chi connectivity index (χ4v) is 2.41. The van der Waals surface area contributed by atoms with E-state index in [4.69, 9.17) is 28.6 Å². The standard InChI is InChI=1S/C20H21ClN2O2S/c1-14(2)13-25-17-10-8-16(9-11-17)22-20(26)23-19(24)12-7-15-5-3-4-6-18(15)21/h3-12,14H,13H2,1-2H3,(H2,22,23,24,26)/b12-7+. The predicted molar refractivity (Wildman–Crippen MR) is 112 cm³/mol. The molecule has 0 saturated heterocycles. The summed E-state index contributed by atoms with van der Waals surface area (Å²) < 4.78 is 5.63. The highest BCUT2D eigenvalue weighted by atomic mass is 35.5. The molecule has 2 rings (SSSR count). The number of amides is 1. The van der Waals surface area contributed by atoms with Crippen LogP contribution in [0.25, 0.3) is 6.08 Å². The average molecular weight is 389 g/mol. The lowest BCUT2D eigenvalue weighted by Crippen LogP contribution is -2.32. The molecule has 0 aliphatic heterocycles. The number of benzene rings is 2. The van der Waals surface area contributed by atoms with Crippen molar-refractivity contribution >= 4 is 46.6 Å². The fourth-order valence-electron chi connectivity index (χ4n) is 1.99. The van der Waals surface area contributed by atoms with Crippen LogP contribution in [0.4, 0.5) is 5.69 Å². The Bertz CT molecular complexity index is 789. The van der Waals surface area contributed by atoms with E-state index in [0.29, 0.717) is 17.5 Å². The van der Waals surface area contributed by atoms with Crippen LogP contribution in [-0.4, -0.2) is 17.6 Å². The summed E-state index contributed by atoms with van der Waals surface area (Å²) in [6.07, 6.45) is 3.03. The van der Waals surface area contributed by atoms with Gasteiger partial charge >= 0.3 is 0 Å². The van der Waals surface area contributed by atoms with E-state index in [1.807, 2.05) is 42.5 Å². The molecule has 26 heavy (non-hydrogen) atoms. The molecule has 0 atom stereocenters. The Kier molecular flexibility index (Phi) is 7.63. The van der Waals surface area contributed by atoms with E-state index in [1.165, 1.54) is 6.08 Å². The summed E-state index contributed by atoms with van der Waals surface area (Å²) in [4.78, 5) is 11.9. The first-order valence-corrected chi connectivity index (χ1v) is 9.00. The van der Waals surface area contributed by atoms with Crippen LogP contribution in [0.2, 0.25) is 5.02 Å². The molecule has 0 radical (unpaired) electrons. The monoisotopic (exact) mass is 388 g/mol. The van der Waals surface area contributed by atoms with Crippen molar-refractivity contribution in [2.24, 2.45) is 5.92 Å². The van der Waals surface area contributed by atoms with Gasteiger partial charge in [0.15, 0.2) is 5.11 Å². The molecule has 0 heterocycles. The zero-order valence-corrected chi connectivity index (χ0v) is 16.2. The summed E-state index contributed by atoms with van der Waals surface area (Å²) in [7, 11) is 0. The molecule has 6 heteroatoms. The van der Waals surface area contributed by atoms with Crippen LogP contribution in [0.3, 0.4) is 0 Å². The lowest BCUT2D eigenvalue weighted by molar-refractivity contribution is -0.115. The number of ether oxygens (including phenoxy) is 1. The summed E-state index contributed by atoms with van der Waals surface area (Å²) >= 11 is 11.2. The van der Waals surface area contributed by atoms with Crippen molar-refractivity contribution < 1.29 is 9.53 Å². The molecule has 0 bridgehead atoms. The third-order valence-electron chi connectivity index (χ3n) is 3.25. The molecule has 2 aromatic carbocycles. The maximum Gasteiger partial charge on any atom is 0.250 e. The minimum absolute atomic E-state index is 0.217. The van der Waals surface area contributed by atoms with Gasteiger partial charge in [0.1, 0.15) is 5.75 Å². The number of rotatable bonds is 6. The van der Waals surface area contributed by atoms with Gasteiger partial charge in [0.25, 0.3) is 0 Å². The highest BCUT2D eigenvalue weighted by Gasteiger charge is 2.03. The molecule has 2 N–H and O–H groups in total. The van der Waals surface area contributed by atoms with Gasteiger partial charge in [-0.2, -0.15) is 0 Å². The third kappa shape index (κ3) is 6.86. The topological polar surface area (TPSA) is 50.4 Å². The Hall–Kier alpha value is -2.37. The van der Waals surface area contributed by atoms with Crippen molar-refractivity contribution in [3.05, 3.63) is 65.2 Å². The van der Waals surface area contributed by atoms with Crippen LogP contribution in [0.1, 0.15) is 19.4 Å². The molecular formula is C20H21ClN2O2S. The first-order valence-electron chi connectivity index (χ1n) is 8.21. The van der Waals surface area contributed by atoms with Gasteiger partial charge in [-0.1, -0.05) is 43.6 Å². The molecule has 136 valence electrons. The molecule has 4 nitrogen and oxygen atoms in total. The van der Waals surface area contributed by atoms with Crippen molar-refractivity contribution in [2.75, 3.05) is 11.9 Å². The Morgan fingerprint density at radius 1 is 1.19 bits per heavy atom. The average Bonchev–Trinajstić information content (AvgIpc) is 2.60. The smallest absolute Gasteiger partial charge is 0.250 e. The number of thiocarbonyl (C=S) groups is 1. The SMILES string of the molecule is CC(C)COc1ccc(NC(=S)NC(=O)/C=C/c2ccccc2Cl)cc1. The number of hydrogen-bond donors (Lipinski definition) is 2. The number of hydrogen-bond acceptors (Lipinski definition) is 3. The lowest BCUT2D eigenvalue weighted by Gasteiger charge is -2.11. The first-order chi connectivity index (χ1) is 12.4. The first kappa shape index (κ1) is 19.9.